The molecule has 0 radical (unpaired) electrons. The third-order valence-corrected chi connectivity index (χ3v) is 5.27. The van der Waals surface area contributed by atoms with Crippen LogP contribution in [0.3, 0.4) is 0 Å². The molecule has 2 heterocycles. The van der Waals surface area contributed by atoms with Gasteiger partial charge in [-0.15, -0.1) is 0 Å². The van der Waals surface area contributed by atoms with Crippen molar-refractivity contribution in [3.63, 3.8) is 0 Å². The van der Waals surface area contributed by atoms with Gasteiger partial charge in [0.1, 0.15) is 0 Å². The molecular formula is C15H20Cl2N2. The van der Waals surface area contributed by atoms with Crippen molar-refractivity contribution < 1.29 is 0 Å². The molecule has 1 aromatic rings. The van der Waals surface area contributed by atoms with Crippen molar-refractivity contribution in [3.8, 4) is 0 Å². The predicted molar refractivity (Wildman–Crippen MR) is 81.0 cm³/mol. The van der Waals surface area contributed by atoms with E-state index in [1.54, 1.807) is 0 Å². The molecule has 1 aromatic carbocycles. The van der Waals surface area contributed by atoms with E-state index < -0.39 is 0 Å². The lowest BCUT2D eigenvalue weighted by Crippen LogP contribution is -2.40. The highest BCUT2D eigenvalue weighted by atomic mass is 35.5. The van der Waals surface area contributed by atoms with Gasteiger partial charge in [-0.05, 0) is 42.0 Å². The number of hydrogen-bond acceptors (Lipinski definition) is 2. The fraction of sp³-hybridized carbons (Fsp3) is 0.600. The maximum absolute atomic E-state index is 6.30. The van der Waals surface area contributed by atoms with Crippen LogP contribution in [0.4, 0.5) is 0 Å². The SMILES string of the molecule is CC1(CN2CCc3c(ccc(Cl)c3Cl)C2)CCNC1. The van der Waals surface area contributed by atoms with Crippen LogP contribution in [0.15, 0.2) is 12.1 Å². The van der Waals surface area contributed by atoms with Crippen LogP contribution in [0.2, 0.25) is 10.0 Å². The minimum atomic E-state index is 0.424. The smallest absolute Gasteiger partial charge is 0.0628 e. The Labute approximate surface area is 125 Å². The largest absolute Gasteiger partial charge is 0.316 e. The third kappa shape index (κ3) is 2.78. The lowest BCUT2D eigenvalue weighted by atomic mass is 9.88. The van der Waals surface area contributed by atoms with Gasteiger partial charge in [0.25, 0.3) is 0 Å². The summed E-state index contributed by atoms with van der Waals surface area (Å²) in [6.45, 7) is 7.93. The van der Waals surface area contributed by atoms with Gasteiger partial charge in [0.2, 0.25) is 0 Å². The highest BCUT2D eigenvalue weighted by Crippen LogP contribution is 2.34. The molecule has 4 heteroatoms. The third-order valence-electron chi connectivity index (χ3n) is 4.43. The standard InChI is InChI=1S/C15H20Cl2N2/c1-15(5-6-18-9-15)10-19-7-4-12-11(8-19)2-3-13(16)14(12)17/h2-3,18H,4-10H2,1H3. The lowest BCUT2D eigenvalue weighted by molar-refractivity contribution is 0.164. The van der Waals surface area contributed by atoms with E-state index in [4.69, 9.17) is 23.2 Å². The Hall–Kier alpha value is -0.280. The molecule has 19 heavy (non-hydrogen) atoms. The van der Waals surface area contributed by atoms with E-state index in [2.05, 4.69) is 23.2 Å². The van der Waals surface area contributed by atoms with E-state index in [9.17, 15) is 0 Å². The molecule has 3 rings (SSSR count). The fourth-order valence-electron chi connectivity index (χ4n) is 3.32. The van der Waals surface area contributed by atoms with Gasteiger partial charge >= 0.3 is 0 Å². The zero-order chi connectivity index (χ0) is 13.5. The minimum absolute atomic E-state index is 0.424. The molecule has 0 spiro atoms. The Bertz CT molecular complexity index is 481. The molecule has 2 aliphatic heterocycles. The second kappa shape index (κ2) is 5.25. The van der Waals surface area contributed by atoms with Crippen LogP contribution in [0.25, 0.3) is 0 Å². The van der Waals surface area contributed by atoms with Crippen LogP contribution in [0.1, 0.15) is 24.5 Å². The van der Waals surface area contributed by atoms with Crippen molar-refractivity contribution in [3.05, 3.63) is 33.3 Å². The van der Waals surface area contributed by atoms with Crippen LogP contribution >= 0.6 is 23.2 Å². The predicted octanol–water partition coefficient (Wildman–Crippen LogP) is 3.35. The number of halogens is 2. The normalized spacial score (nSPS) is 27.5. The van der Waals surface area contributed by atoms with Crippen LogP contribution in [-0.4, -0.2) is 31.1 Å². The minimum Gasteiger partial charge on any atom is -0.316 e. The van der Waals surface area contributed by atoms with Crippen molar-refractivity contribution in [2.75, 3.05) is 26.2 Å². The first-order chi connectivity index (χ1) is 9.07. The van der Waals surface area contributed by atoms with Gasteiger partial charge in [0.15, 0.2) is 0 Å². The number of nitrogens with zero attached hydrogens (tertiary/aromatic N) is 1. The average molecular weight is 299 g/mol. The molecule has 1 atom stereocenters. The van der Waals surface area contributed by atoms with Crippen LogP contribution in [-0.2, 0) is 13.0 Å². The maximum Gasteiger partial charge on any atom is 0.0628 e. The fourth-order valence-corrected chi connectivity index (χ4v) is 3.78. The molecular weight excluding hydrogens is 279 g/mol. The second-order valence-electron chi connectivity index (χ2n) is 6.20. The van der Waals surface area contributed by atoms with Crippen molar-refractivity contribution in [1.29, 1.82) is 0 Å². The van der Waals surface area contributed by atoms with Gasteiger partial charge in [-0.25, -0.2) is 0 Å². The zero-order valence-corrected chi connectivity index (χ0v) is 12.8. The molecule has 0 aliphatic carbocycles. The lowest BCUT2D eigenvalue weighted by Gasteiger charge is -2.35. The summed E-state index contributed by atoms with van der Waals surface area (Å²) < 4.78 is 0. The van der Waals surface area contributed by atoms with E-state index in [-0.39, 0.29) is 0 Å². The highest BCUT2D eigenvalue weighted by molar-refractivity contribution is 6.42. The Morgan fingerprint density at radius 2 is 2.21 bits per heavy atom. The first-order valence-corrected chi connectivity index (χ1v) is 7.72. The number of hydrogen-bond donors (Lipinski definition) is 1. The Kier molecular flexibility index (Phi) is 3.78. The first kappa shape index (κ1) is 13.7. The van der Waals surface area contributed by atoms with Crippen LogP contribution < -0.4 is 5.32 Å². The Morgan fingerprint density at radius 1 is 1.37 bits per heavy atom. The van der Waals surface area contributed by atoms with Gasteiger partial charge in [-0.2, -0.15) is 0 Å². The Morgan fingerprint density at radius 3 is 2.95 bits per heavy atom. The van der Waals surface area contributed by atoms with Gasteiger partial charge in [0.05, 0.1) is 10.0 Å². The summed E-state index contributed by atoms with van der Waals surface area (Å²) in [7, 11) is 0. The molecule has 1 unspecified atom stereocenters. The molecule has 0 amide bonds. The quantitative estimate of drug-likeness (QED) is 0.901. The first-order valence-electron chi connectivity index (χ1n) is 6.96. The van der Waals surface area contributed by atoms with Gasteiger partial charge in [-0.1, -0.05) is 36.2 Å². The topological polar surface area (TPSA) is 15.3 Å². The average Bonchev–Trinajstić information content (AvgIpc) is 2.80. The van der Waals surface area contributed by atoms with Crippen molar-refractivity contribution in [2.45, 2.75) is 26.3 Å². The molecule has 2 aliphatic rings. The molecule has 1 N–H and O–H groups in total. The number of fused-ring (bicyclic) bond motifs is 1. The van der Waals surface area contributed by atoms with Crippen LogP contribution in [0, 0.1) is 5.41 Å². The number of benzene rings is 1. The summed E-state index contributed by atoms with van der Waals surface area (Å²) in [6, 6.07) is 4.05. The van der Waals surface area contributed by atoms with Crippen LogP contribution in [0.5, 0.6) is 0 Å². The maximum atomic E-state index is 6.30. The molecule has 0 aromatic heterocycles. The van der Waals surface area contributed by atoms with Gasteiger partial charge in [0, 0.05) is 26.2 Å². The molecule has 1 saturated heterocycles. The summed E-state index contributed by atoms with van der Waals surface area (Å²) in [5.74, 6) is 0. The van der Waals surface area contributed by atoms with Crippen molar-refractivity contribution in [2.24, 2.45) is 5.41 Å². The summed E-state index contributed by atoms with van der Waals surface area (Å²) in [4.78, 5) is 2.56. The van der Waals surface area contributed by atoms with Crippen molar-refractivity contribution >= 4 is 23.2 Å². The highest BCUT2D eigenvalue weighted by Gasteiger charge is 2.32. The second-order valence-corrected chi connectivity index (χ2v) is 6.98. The number of nitrogens with one attached hydrogen (secondary N) is 1. The Balaban J connectivity index is 1.74. The van der Waals surface area contributed by atoms with Gasteiger partial charge in [-0.3, -0.25) is 4.90 Å². The van der Waals surface area contributed by atoms with Gasteiger partial charge < -0.3 is 5.32 Å². The zero-order valence-electron chi connectivity index (χ0n) is 11.3. The van der Waals surface area contributed by atoms with E-state index in [1.807, 2.05) is 6.07 Å². The van der Waals surface area contributed by atoms with E-state index in [0.717, 1.165) is 37.6 Å². The molecule has 2 nitrogen and oxygen atoms in total. The summed E-state index contributed by atoms with van der Waals surface area (Å²) in [6.07, 6.45) is 2.29. The summed E-state index contributed by atoms with van der Waals surface area (Å²) in [5, 5.41) is 4.91. The monoisotopic (exact) mass is 298 g/mol. The summed E-state index contributed by atoms with van der Waals surface area (Å²) in [5.41, 5.74) is 3.02. The number of rotatable bonds is 2. The van der Waals surface area contributed by atoms with E-state index >= 15 is 0 Å². The molecule has 1 fully saturated rings. The molecule has 0 bridgehead atoms. The van der Waals surface area contributed by atoms with E-state index in [1.165, 1.54) is 24.1 Å². The van der Waals surface area contributed by atoms with E-state index in [0.29, 0.717) is 10.4 Å². The molecule has 104 valence electrons. The molecule has 0 saturated carbocycles. The summed E-state index contributed by atoms with van der Waals surface area (Å²) >= 11 is 12.4. The van der Waals surface area contributed by atoms with Crippen molar-refractivity contribution in [1.82, 2.24) is 10.2 Å².